The molecule has 0 fully saturated rings. The van der Waals surface area contributed by atoms with E-state index in [-0.39, 0.29) is 0 Å². The highest BCUT2D eigenvalue weighted by atomic mass is 35.5. The van der Waals surface area contributed by atoms with Crippen LogP contribution in [-0.2, 0) is 4.43 Å². The van der Waals surface area contributed by atoms with Gasteiger partial charge in [0, 0.05) is 19.0 Å². The summed E-state index contributed by atoms with van der Waals surface area (Å²) in [7, 11) is 2.73. The lowest BCUT2D eigenvalue weighted by Gasteiger charge is -2.23. The molecule has 0 radical (unpaired) electrons. The smallest absolute Gasteiger partial charge is 0.186 e. The minimum Gasteiger partial charge on any atom is -0.416 e. The van der Waals surface area contributed by atoms with Gasteiger partial charge in [0.05, 0.1) is 0 Å². The highest BCUT2D eigenvalue weighted by Crippen LogP contribution is 2.13. The van der Waals surface area contributed by atoms with Crippen molar-refractivity contribution in [1.82, 2.24) is 4.90 Å². The fourth-order valence-corrected chi connectivity index (χ4v) is 3.24. The van der Waals surface area contributed by atoms with Crippen LogP contribution in [0.2, 0.25) is 19.1 Å². The lowest BCUT2D eigenvalue weighted by molar-refractivity contribution is 0.253. The summed E-state index contributed by atoms with van der Waals surface area (Å²) in [5.41, 5.74) is 0. The Morgan fingerprint density at radius 3 is 2.38 bits per heavy atom. The first-order chi connectivity index (χ1) is 5.98. The van der Waals surface area contributed by atoms with Crippen LogP contribution in [0.4, 0.5) is 0 Å². The highest BCUT2D eigenvalue weighted by Gasteiger charge is 2.21. The molecule has 0 unspecified atom stereocenters. The zero-order valence-corrected chi connectivity index (χ0v) is 11.0. The topological polar surface area (TPSA) is 12.5 Å². The van der Waals surface area contributed by atoms with Crippen LogP contribution in [0, 0.1) is 0 Å². The summed E-state index contributed by atoms with van der Waals surface area (Å²) < 4.78 is 5.88. The molecule has 4 heteroatoms. The van der Waals surface area contributed by atoms with Crippen LogP contribution < -0.4 is 0 Å². The van der Waals surface area contributed by atoms with Gasteiger partial charge in [-0.2, -0.15) is 0 Å². The largest absolute Gasteiger partial charge is 0.416 e. The molecular weight excluding hydrogens is 202 g/mol. The lowest BCUT2D eigenvalue weighted by Crippen LogP contribution is -2.33. The highest BCUT2D eigenvalue weighted by molar-refractivity contribution is 6.71. The first-order valence-corrected chi connectivity index (χ1v) is 8.47. The molecule has 0 aromatic heterocycles. The van der Waals surface area contributed by atoms with E-state index < -0.39 is 8.32 Å². The van der Waals surface area contributed by atoms with E-state index >= 15 is 0 Å². The molecular formula is C9H22ClNOSi. The third-order valence-electron chi connectivity index (χ3n) is 1.94. The van der Waals surface area contributed by atoms with Gasteiger partial charge in [0.25, 0.3) is 0 Å². The summed E-state index contributed by atoms with van der Waals surface area (Å²) in [5.74, 6) is 0.757. The molecule has 13 heavy (non-hydrogen) atoms. The van der Waals surface area contributed by atoms with Crippen molar-refractivity contribution in [3.05, 3.63) is 0 Å². The molecule has 0 saturated carbocycles. The van der Waals surface area contributed by atoms with Gasteiger partial charge in [-0.3, -0.25) is 0 Å². The second-order valence-electron chi connectivity index (χ2n) is 4.20. The van der Waals surface area contributed by atoms with Crippen molar-refractivity contribution in [1.29, 1.82) is 0 Å². The van der Waals surface area contributed by atoms with E-state index in [1.54, 1.807) is 0 Å². The van der Waals surface area contributed by atoms with Crippen molar-refractivity contribution in [2.75, 3.05) is 33.1 Å². The standard InChI is InChI=1S/C9H22ClNOSi/c1-11(2)7-8-12-13(3,4)9-5-6-10/h5-9H2,1-4H3. The van der Waals surface area contributed by atoms with Crippen molar-refractivity contribution >= 4 is 19.9 Å². The van der Waals surface area contributed by atoms with Gasteiger partial charge in [-0.05, 0) is 39.7 Å². The van der Waals surface area contributed by atoms with Crippen LogP contribution in [0.5, 0.6) is 0 Å². The molecule has 2 nitrogen and oxygen atoms in total. The molecule has 0 heterocycles. The maximum atomic E-state index is 5.88. The Bertz CT molecular complexity index is 131. The first-order valence-electron chi connectivity index (χ1n) is 4.82. The molecule has 80 valence electrons. The average Bonchev–Trinajstić information content (AvgIpc) is 2.00. The van der Waals surface area contributed by atoms with E-state index in [1.165, 1.54) is 6.04 Å². The molecule has 0 aromatic carbocycles. The molecule has 0 aliphatic rings. The summed E-state index contributed by atoms with van der Waals surface area (Å²) in [6.07, 6.45) is 1.09. The van der Waals surface area contributed by atoms with Gasteiger partial charge in [0.15, 0.2) is 8.32 Å². The van der Waals surface area contributed by atoms with E-state index in [0.717, 1.165) is 25.5 Å². The predicted octanol–water partition coefficient (Wildman–Crippen LogP) is 2.40. The number of rotatable bonds is 7. The Labute approximate surface area is 88.3 Å². The fourth-order valence-electron chi connectivity index (χ4n) is 1.07. The van der Waals surface area contributed by atoms with Gasteiger partial charge in [0.2, 0.25) is 0 Å². The van der Waals surface area contributed by atoms with Gasteiger partial charge < -0.3 is 9.33 Å². The molecule has 0 rings (SSSR count). The van der Waals surface area contributed by atoms with Crippen LogP contribution in [0.1, 0.15) is 6.42 Å². The third kappa shape index (κ3) is 8.75. The fraction of sp³-hybridized carbons (Fsp3) is 1.00. The number of alkyl halides is 1. The molecule has 0 aromatic rings. The van der Waals surface area contributed by atoms with Crippen LogP contribution in [0.25, 0.3) is 0 Å². The molecule has 0 aliphatic heterocycles. The van der Waals surface area contributed by atoms with E-state index in [0.29, 0.717) is 0 Å². The van der Waals surface area contributed by atoms with E-state index in [9.17, 15) is 0 Å². The average molecular weight is 224 g/mol. The Kier molecular flexibility index (Phi) is 7.04. The minimum absolute atomic E-state index is 0.757. The van der Waals surface area contributed by atoms with Crippen LogP contribution in [0.15, 0.2) is 0 Å². The number of nitrogens with zero attached hydrogens (tertiary/aromatic N) is 1. The van der Waals surface area contributed by atoms with Crippen molar-refractivity contribution in [3.63, 3.8) is 0 Å². The van der Waals surface area contributed by atoms with Gasteiger partial charge >= 0.3 is 0 Å². The predicted molar refractivity (Wildman–Crippen MR) is 62.1 cm³/mol. The molecule has 0 saturated heterocycles. The number of likely N-dealkylation sites (N-methyl/N-ethyl adjacent to an activating group) is 1. The summed E-state index contributed by atoms with van der Waals surface area (Å²) in [5, 5.41) is 0. The Morgan fingerprint density at radius 1 is 1.31 bits per heavy atom. The van der Waals surface area contributed by atoms with Gasteiger partial charge in [0.1, 0.15) is 0 Å². The third-order valence-corrected chi connectivity index (χ3v) is 4.75. The quantitative estimate of drug-likeness (QED) is 0.486. The number of hydrogen-bond acceptors (Lipinski definition) is 2. The van der Waals surface area contributed by atoms with Gasteiger partial charge in [-0.1, -0.05) is 0 Å². The summed E-state index contributed by atoms with van der Waals surface area (Å²) in [4.78, 5) is 2.14. The molecule has 0 atom stereocenters. The normalized spacial score (nSPS) is 12.5. The van der Waals surface area contributed by atoms with Gasteiger partial charge in [-0.15, -0.1) is 11.6 Å². The van der Waals surface area contributed by atoms with Crippen LogP contribution >= 0.6 is 11.6 Å². The SMILES string of the molecule is CN(C)CCO[Si](C)(C)CCCCl. The zero-order chi connectivity index (χ0) is 10.3. The monoisotopic (exact) mass is 223 g/mol. The minimum atomic E-state index is -1.40. The van der Waals surface area contributed by atoms with Crippen LogP contribution in [0.3, 0.4) is 0 Å². The molecule has 0 spiro atoms. The van der Waals surface area contributed by atoms with E-state index in [1.807, 2.05) is 0 Å². The summed E-state index contributed by atoms with van der Waals surface area (Å²) >= 11 is 5.65. The number of halogens is 1. The van der Waals surface area contributed by atoms with Crippen molar-refractivity contribution in [2.45, 2.75) is 25.6 Å². The van der Waals surface area contributed by atoms with Gasteiger partial charge in [-0.25, -0.2) is 0 Å². The second-order valence-corrected chi connectivity index (χ2v) is 8.89. The van der Waals surface area contributed by atoms with Crippen LogP contribution in [-0.4, -0.2) is 46.3 Å². The lowest BCUT2D eigenvalue weighted by atomic mass is 10.6. The second kappa shape index (κ2) is 6.82. The number of hydrogen-bond donors (Lipinski definition) is 0. The molecule has 0 aliphatic carbocycles. The van der Waals surface area contributed by atoms with Crippen molar-refractivity contribution in [3.8, 4) is 0 Å². The molecule has 0 amide bonds. The molecule has 0 bridgehead atoms. The maximum absolute atomic E-state index is 5.88. The summed E-state index contributed by atoms with van der Waals surface area (Å²) in [6, 6.07) is 1.17. The van der Waals surface area contributed by atoms with Crippen molar-refractivity contribution in [2.24, 2.45) is 0 Å². The Hall–Kier alpha value is 0.427. The van der Waals surface area contributed by atoms with E-state index in [2.05, 4.69) is 32.1 Å². The van der Waals surface area contributed by atoms with E-state index in [4.69, 9.17) is 16.0 Å². The van der Waals surface area contributed by atoms with Crippen molar-refractivity contribution < 1.29 is 4.43 Å². The zero-order valence-electron chi connectivity index (χ0n) is 9.27. The maximum Gasteiger partial charge on any atom is 0.186 e. The Morgan fingerprint density at radius 2 is 1.92 bits per heavy atom. The first kappa shape index (κ1) is 13.4. The molecule has 0 N–H and O–H groups in total. The Balaban J connectivity index is 3.50. The summed E-state index contributed by atoms with van der Waals surface area (Å²) in [6.45, 7) is 6.39.